The fourth-order valence-electron chi connectivity index (χ4n) is 3.76. The second-order valence-corrected chi connectivity index (χ2v) is 8.57. The van der Waals surface area contributed by atoms with Gasteiger partial charge in [0.1, 0.15) is 0 Å². The monoisotopic (exact) mass is 406 g/mol. The Bertz CT molecular complexity index is 397. The number of unbranched alkanes of at least 4 members (excludes halogenated alkanes) is 16. The molecule has 2 nitrogen and oxygen atoms in total. The molecule has 0 aliphatic carbocycles. The molecule has 170 valence electrons. The summed E-state index contributed by atoms with van der Waals surface area (Å²) in [6, 6.07) is 0. The zero-order valence-corrected chi connectivity index (χ0v) is 19.8. The topological polar surface area (TPSA) is 26.3 Å². The minimum Gasteiger partial charge on any atom is -0.431 e. The molecule has 0 unspecified atom stereocenters. The number of hydrogen-bond donors (Lipinski definition) is 0. The van der Waals surface area contributed by atoms with Crippen molar-refractivity contribution < 1.29 is 9.53 Å². The van der Waals surface area contributed by atoms with E-state index in [1.165, 1.54) is 127 Å². The zero-order chi connectivity index (χ0) is 21.4. The summed E-state index contributed by atoms with van der Waals surface area (Å²) in [5, 5.41) is 0. The maximum Gasteiger partial charge on any atom is 0.334 e. The second kappa shape index (κ2) is 23.2. The second-order valence-electron chi connectivity index (χ2n) is 8.57. The van der Waals surface area contributed by atoms with Gasteiger partial charge in [-0.05, 0) is 31.3 Å². The molecule has 0 spiro atoms. The smallest absolute Gasteiger partial charge is 0.334 e. The van der Waals surface area contributed by atoms with E-state index in [0.29, 0.717) is 0 Å². The van der Waals surface area contributed by atoms with Crippen molar-refractivity contribution in [2.75, 3.05) is 0 Å². The number of hydrogen-bond acceptors (Lipinski definition) is 2. The molecule has 0 aromatic rings. The molecule has 0 aliphatic heterocycles. The molecule has 0 rings (SSSR count). The van der Waals surface area contributed by atoms with Gasteiger partial charge in [0.25, 0.3) is 0 Å². The minimum atomic E-state index is -0.346. The highest BCUT2D eigenvalue weighted by Crippen LogP contribution is 2.19. The van der Waals surface area contributed by atoms with Gasteiger partial charge in [0.05, 0.1) is 6.26 Å². The van der Waals surface area contributed by atoms with Crippen LogP contribution in [0.2, 0.25) is 0 Å². The van der Waals surface area contributed by atoms with E-state index in [4.69, 9.17) is 4.74 Å². The summed E-state index contributed by atoms with van der Waals surface area (Å²) in [6.07, 6.45) is 29.3. The van der Waals surface area contributed by atoms with Crippen LogP contribution in [0.5, 0.6) is 0 Å². The third kappa shape index (κ3) is 21.5. The predicted octanol–water partition coefficient (Wildman–Crippen LogP) is 9.44. The molecular formula is C27H50O2. The lowest BCUT2D eigenvalue weighted by molar-refractivity contribution is -0.132. The third-order valence-electron chi connectivity index (χ3n) is 5.71. The van der Waals surface area contributed by atoms with Crippen molar-refractivity contribution in [1.29, 1.82) is 0 Å². The van der Waals surface area contributed by atoms with E-state index in [1.807, 2.05) is 0 Å². The highest BCUT2D eigenvalue weighted by atomic mass is 16.5. The van der Waals surface area contributed by atoms with Gasteiger partial charge in [-0.25, -0.2) is 4.79 Å². The molecule has 0 aromatic heterocycles. The van der Waals surface area contributed by atoms with Gasteiger partial charge >= 0.3 is 5.97 Å². The van der Waals surface area contributed by atoms with E-state index in [0.717, 1.165) is 12.8 Å². The van der Waals surface area contributed by atoms with Crippen LogP contribution in [0.3, 0.4) is 0 Å². The first-order valence-corrected chi connectivity index (χ1v) is 12.8. The molecule has 0 fully saturated rings. The third-order valence-corrected chi connectivity index (χ3v) is 5.71. The van der Waals surface area contributed by atoms with Crippen LogP contribution in [0, 0.1) is 0 Å². The lowest BCUT2D eigenvalue weighted by Crippen LogP contribution is -1.96. The predicted molar refractivity (Wildman–Crippen MR) is 128 cm³/mol. The van der Waals surface area contributed by atoms with Gasteiger partial charge in [-0.2, -0.15) is 0 Å². The van der Waals surface area contributed by atoms with Crippen LogP contribution in [0.25, 0.3) is 0 Å². The van der Waals surface area contributed by atoms with Crippen LogP contribution in [0.4, 0.5) is 0 Å². The van der Waals surface area contributed by atoms with Gasteiger partial charge < -0.3 is 4.74 Å². The number of carbonyl (C=O) groups is 1. The number of ether oxygens (including phenoxy) is 1. The molecule has 0 atom stereocenters. The summed E-state index contributed by atoms with van der Waals surface area (Å²) in [4.78, 5) is 11.4. The quantitative estimate of drug-likeness (QED) is 0.0774. The van der Waals surface area contributed by atoms with Crippen LogP contribution >= 0.6 is 0 Å². The van der Waals surface area contributed by atoms with Crippen molar-refractivity contribution in [3.8, 4) is 0 Å². The summed E-state index contributed by atoms with van der Waals surface area (Å²) in [5.74, 6) is -0.346. The Kier molecular flexibility index (Phi) is 22.4. The number of rotatable bonds is 22. The average molecular weight is 407 g/mol. The van der Waals surface area contributed by atoms with Crippen LogP contribution in [-0.4, -0.2) is 5.97 Å². The standard InChI is InChI=1S/C27H50O2/c1-4-7-9-11-13-15-16-18-20-22-24-26(25-29-27(28)6-3)23-21-19-17-14-12-10-8-5-2/h6,25H,3-5,7-24H2,1-2H3. The first kappa shape index (κ1) is 27.9. The Balaban J connectivity index is 3.86. The van der Waals surface area contributed by atoms with E-state index in [1.54, 1.807) is 6.26 Å². The van der Waals surface area contributed by atoms with Crippen molar-refractivity contribution in [3.63, 3.8) is 0 Å². The van der Waals surface area contributed by atoms with Gasteiger partial charge in [0, 0.05) is 6.08 Å². The molecule has 29 heavy (non-hydrogen) atoms. The van der Waals surface area contributed by atoms with E-state index in [-0.39, 0.29) is 5.97 Å². The summed E-state index contributed by atoms with van der Waals surface area (Å²) >= 11 is 0. The van der Waals surface area contributed by atoms with Crippen molar-refractivity contribution in [1.82, 2.24) is 0 Å². The zero-order valence-electron chi connectivity index (χ0n) is 19.8. The lowest BCUT2D eigenvalue weighted by Gasteiger charge is -2.08. The van der Waals surface area contributed by atoms with Crippen LogP contribution in [0.15, 0.2) is 24.5 Å². The summed E-state index contributed by atoms with van der Waals surface area (Å²) in [5.41, 5.74) is 1.30. The van der Waals surface area contributed by atoms with E-state index < -0.39 is 0 Å². The van der Waals surface area contributed by atoms with Crippen LogP contribution < -0.4 is 0 Å². The van der Waals surface area contributed by atoms with Crippen molar-refractivity contribution in [3.05, 3.63) is 24.5 Å². The largest absolute Gasteiger partial charge is 0.431 e. The fraction of sp³-hybridized carbons (Fsp3) is 0.815. The van der Waals surface area contributed by atoms with Crippen molar-refractivity contribution in [2.24, 2.45) is 0 Å². The molecule has 0 N–H and O–H groups in total. The highest BCUT2D eigenvalue weighted by Gasteiger charge is 2.02. The molecule has 0 amide bonds. The molecule has 0 aromatic carbocycles. The van der Waals surface area contributed by atoms with Gasteiger partial charge in [-0.3, -0.25) is 0 Å². The SMILES string of the molecule is C=CC(=O)OC=C(CCCCCCCCCC)CCCCCCCCCCCC. The van der Waals surface area contributed by atoms with Gasteiger partial charge in [0.15, 0.2) is 0 Å². The Morgan fingerprint density at radius 2 is 0.966 bits per heavy atom. The molecule has 0 saturated heterocycles. The van der Waals surface area contributed by atoms with Gasteiger partial charge in [0.2, 0.25) is 0 Å². The highest BCUT2D eigenvalue weighted by molar-refractivity contribution is 5.81. The average Bonchev–Trinajstić information content (AvgIpc) is 2.74. The van der Waals surface area contributed by atoms with E-state index in [2.05, 4.69) is 20.4 Å². The van der Waals surface area contributed by atoms with E-state index >= 15 is 0 Å². The number of allylic oxidation sites excluding steroid dienone is 1. The molecule has 0 saturated carbocycles. The molecular weight excluding hydrogens is 356 g/mol. The van der Waals surface area contributed by atoms with Crippen LogP contribution in [-0.2, 0) is 9.53 Å². The minimum absolute atomic E-state index is 0.346. The summed E-state index contributed by atoms with van der Waals surface area (Å²) in [7, 11) is 0. The molecule has 0 radical (unpaired) electrons. The Labute approximate surface area is 182 Å². The van der Waals surface area contributed by atoms with E-state index in [9.17, 15) is 4.79 Å². The van der Waals surface area contributed by atoms with Gasteiger partial charge in [-0.15, -0.1) is 0 Å². The lowest BCUT2D eigenvalue weighted by atomic mass is 10.00. The Morgan fingerprint density at radius 1 is 0.621 bits per heavy atom. The van der Waals surface area contributed by atoms with Crippen LogP contribution in [0.1, 0.15) is 142 Å². The fourth-order valence-corrected chi connectivity index (χ4v) is 3.76. The summed E-state index contributed by atoms with van der Waals surface area (Å²) < 4.78 is 5.20. The molecule has 0 bridgehead atoms. The Hall–Kier alpha value is -1.05. The molecule has 0 aliphatic rings. The van der Waals surface area contributed by atoms with Crippen molar-refractivity contribution >= 4 is 5.97 Å². The number of esters is 1. The maximum absolute atomic E-state index is 11.4. The van der Waals surface area contributed by atoms with Crippen molar-refractivity contribution in [2.45, 2.75) is 142 Å². The number of carbonyl (C=O) groups excluding carboxylic acids is 1. The first-order valence-electron chi connectivity index (χ1n) is 12.8. The molecule has 2 heteroatoms. The first-order chi connectivity index (χ1) is 14.2. The molecule has 0 heterocycles. The summed E-state index contributed by atoms with van der Waals surface area (Å²) in [6.45, 7) is 8.02. The normalized spacial score (nSPS) is 11.6. The van der Waals surface area contributed by atoms with Gasteiger partial charge in [-0.1, -0.05) is 123 Å². The Morgan fingerprint density at radius 3 is 1.31 bits per heavy atom. The maximum atomic E-state index is 11.4.